The number of hydrogen-bond acceptors (Lipinski definition) is 2. The van der Waals surface area contributed by atoms with Gasteiger partial charge < -0.3 is 10.1 Å². The molecule has 2 aromatic carbocycles. The molecule has 128 valence electrons. The molecule has 1 spiro atoms. The van der Waals surface area contributed by atoms with Gasteiger partial charge in [0.25, 0.3) is 0 Å². The van der Waals surface area contributed by atoms with E-state index in [9.17, 15) is 4.79 Å². The van der Waals surface area contributed by atoms with E-state index in [0.717, 1.165) is 36.1 Å². The third kappa shape index (κ3) is 3.32. The molecule has 1 unspecified atom stereocenters. The van der Waals surface area contributed by atoms with Crippen molar-refractivity contribution in [1.82, 2.24) is 5.32 Å². The molecule has 1 atom stereocenters. The van der Waals surface area contributed by atoms with Crippen LogP contribution in [0.5, 0.6) is 5.75 Å². The summed E-state index contributed by atoms with van der Waals surface area (Å²) in [5, 5.41) is 3.17. The second kappa shape index (κ2) is 6.40. The molecule has 3 nitrogen and oxygen atoms in total. The zero-order valence-electron chi connectivity index (χ0n) is 14.5. The maximum atomic E-state index is 12.4. The summed E-state index contributed by atoms with van der Waals surface area (Å²) in [7, 11) is 0. The molecule has 1 aliphatic carbocycles. The smallest absolute Gasteiger partial charge is 0.244 e. The number of para-hydroxylation sites is 1. The molecule has 1 amide bonds. The molecule has 3 heteroatoms. The van der Waals surface area contributed by atoms with E-state index in [4.69, 9.17) is 4.74 Å². The minimum absolute atomic E-state index is 0.0143. The third-order valence-corrected chi connectivity index (χ3v) is 5.28. The molecule has 0 aromatic heterocycles. The number of aryl methyl sites for hydroxylation is 1. The summed E-state index contributed by atoms with van der Waals surface area (Å²) in [6, 6.07) is 16.2. The number of carbonyl (C=O) groups excluding carboxylic acids is 1. The summed E-state index contributed by atoms with van der Waals surface area (Å²) in [5.74, 6) is 0.859. The summed E-state index contributed by atoms with van der Waals surface area (Å²) in [4.78, 5) is 12.4. The topological polar surface area (TPSA) is 38.3 Å². The first-order chi connectivity index (χ1) is 12.1. The Hall–Kier alpha value is -2.55. The van der Waals surface area contributed by atoms with Gasteiger partial charge in [-0.2, -0.15) is 0 Å². The van der Waals surface area contributed by atoms with Crippen LogP contribution < -0.4 is 10.1 Å². The molecule has 4 rings (SSSR count). The Bertz CT molecular complexity index is 803. The van der Waals surface area contributed by atoms with Gasteiger partial charge in [-0.1, -0.05) is 48.0 Å². The predicted octanol–water partition coefficient (Wildman–Crippen LogP) is 4.57. The fourth-order valence-corrected chi connectivity index (χ4v) is 3.69. The first kappa shape index (κ1) is 15.9. The second-order valence-electron chi connectivity index (χ2n) is 7.19. The fraction of sp³-hybridized carbons (Fsp3) is 0.318. The monoisotopic (exact) mass is 333 g/mol. The lowest BCUT2D eigenvalue weighted by atomic mass is 9.73. The average Bonchev–Trinajstić information content (AvgIpc) is 2.60. The Morgan fingerprint density at radius 3 is 2.64 bits per heavy atom. The number of benzene rings is 2. The molecule has 1 saturated carbocycles. The van der Waals surface area contributed by atoms with E-state index in [0.29, 0.717) is 0 Å². The van der Waals surface area contributed by atoms with Crippen LogP contribution in [0.25, 0.3) is 6.08 Å². The summed E-state index contributed by atoms with van der Waals surface area (Å²) < 4.78 is 6.24. The molecule has 2 aromatic rings. The zero-order valence-corrected chi connectivity index (χ0v) is 14.5. The molecule has 1 aliphatic heterocycles. The van der Waals surface area contributed by atoms with Gasteiger partial charge in [0.05, 0.1) is 6.04 Å². The van der Waals surface area contributed by atoms with Crippen molar-refractivity contribution in [2.24, 2.45) is 0 Å². The second-order valence-corrected chi connectivity index (χ2v) is 7.19. The van der Waals surface area contributed by atoms with Crippen molar-refractivity contribution < 1.29 is 9.53 Å². The van der Waals surface area contributed by atoms with Crippen LogP contribution in [0.1, 0.15) is 48.4 Å². The minimum Gasteiger partial charge on any atom is -0.487 e. The van der Waals surface area contributed by atoms with Crippen LogP contribution in [0.4, 0.5) is 0 Å². The van der Waals surface area contributed by atoms with Gasteiger partial charge in [0.15, 0.2) is 0 Å². The first-order valence-electron chi connectivity index (χ1n) is 8.97. The van der Waals surface area contributed by atoms with Gasteiger partial charge in [0.2, 0.25) is 5.91 Å². The van der Waals surface area contributed by atoms with Gasteiger partial charge in [-0.3, -0.25) is 4.79 Å². The number of amides is 1. The van der Waals surface area contributed by atoms with E-state index < -0.39 is 0 Å². The van der Waals surface area contributed by atoms with Crippen molar-refractivity contribution in [3.05, 3.63) is 71.3 Å². The van der Waals surface area contributed by atoms with E-state index in [1.807, 2.05) is 48.5 Å². The van der Waals surface area contributed by atoms with Crippen molar-refractivity contribution in [2.75, 3.05) is 0 Å². The van der Waals surface area contributed by atoms with Crippen molar-refractivity contribution >= 4 is 12.0 Å². The van der Waals surface area contributed by atoms with E-state index in [2.05, 4.69) is 18.3 Å². The molecule has 0 saturated heterocycles. The van der Waals surface area contributed by atoms with E-state index in [-0.39, 0.29) is 17.6 Å². The lowest BCUT2D eigenvalue weighted by molar-refractivity contribution is -0.118. The molecular formula is C22H23NO2. The van der Waals surface area contributed by atoms with Crippen LogP contribution in [0.2, 0.25) is 0 Å². The summed E-state index contributed by atoms with van der Waals surface area (Å²) in [6.45, 7) is 2.05. The molecule has 2 aliphatic rings. The van der Waals surface area contributed by atoms with Gasteiger partial charge in [0, 0.05) is 18.1 Å². The zero-order chi connectivity index (χ0) is 17.3. The number of hydrogen-bond donors (Lipinski definition) is 1. The molecule has 1 N–H and O–H groups in total. The van der Waals surface area contributed by atoms with Gasteiger partial charge in [-0.05, 0) is 43.9 Å². The van der Waals surface area contributed by atoms with Gasteiger partial charge in [-0.15, -0.1) is 0 Å². The molecule has 1 heterocycles. The Kier molecular flexibility index (Phi) is 4.08. The Morgan fingerprint density at radius 2 is 1.92 bits per heavy atom. The highest BCUT2D eigenvalue weighted by atomic mass is 16.5. The maximum absolute atomic E-state index is 12.4. The Morgan fingerprint density at radius 1 is 1.16 bits per heavy atom. The molecule has 1 fully saturated rings. The normalized spacial score (nSPS) is 20.6. The van der Waals surface area contributed by atoms with E-state index in [1.54, 1.807) is 6.08 Å². The lowest BCUT2D eigenvalue weighted by Gasteiger charge is -2.47. The average molecular weight is 333 g/mol. The fourth-order valence-electron chi connectivity index (χ4n) is 3.69. The highest BCUT2D eigenvalue weighted by Gasteiger charge is 2.45. The number of carbonyl (C=O) groups is 1. The summed E-state index contributed by atoms with van der Waals surface area (Å²) in [5.41, 5.74) is 3.25. The molecule has 0 radical (unpaired) electrons. The molecule has 0 bridgehead atoms. The van der Waals surface area contributed by atoms with Crippen molar-refractivity contribution in [3.8, 4) is 5.75 Å². The van der Waals surface area contributed by atoms with Crippen LogP contribution in [-0.2, 0) is 4.79 Å². The highest BCUT2D eigenvalue weighted by molar-refractivity contribution is 5.92. The van der Waals surface area contributed by atoms with Crippen LogP contribution in [0, 0.1) is 6.92 Å². The maximum Gasteiger partial charge on any atom is 0.244 e. The van der Waals surface area contributed by atoms with Crippen LogP contribution in [0.15, 0.2) is 54.6 Å². The van der Waals surface area contributed by atoms with Gasteiger partial charge in [-0.25, -0.2) is 0 Å². The Balaban J connectivity index is 1.49. The standard InChI is InChI=1S/C22H23NO2/c1-16-7-9-17(10-8-16)11-12-21(24)23-19-15-22(13-4-14-22)25-20-6-3-2-5-18(19)20/h2-3,5-12,19H,4,13-15H2,1H3,(H,23,24)/b12-11+. The lowest BCUT2D eigenvalue weighted by Crippen LogP contribution is -2.49. The van der Waals surface area contributed by atoms with E-state index >= 15 is 0 Å². The van der Waals surface area contributed by atoms with Gasteiger partial charge in [0.1, 0.15) is 11.4 Å². The van der Waals surface area contributed by atoms with E-state index in [1.165, 1.54) is 12.0 Å². The largest absolute Gasteiger partial charge is 0.487 e. The first-order valence-corrected chi connectivity index (χ1v) is 8.97. The van der Waals surface area contributed by atoms with Crippen molar-refractivity contribution in [3.63, 3.8) is 0 Å². The Labute approximate surface area is 148 Å². The quantitative estimate of drug-likeness (QED) is 0.836. The van der Waals surface area contributed by atoms with Crippen molar-refractivity contribution in [2.45, 2.75) is 44.2 Å². The number of ether oxygens (including phenoxy) is 1. The van der Waals surface area contributed by atoms with Crippen LogP contribution in [0.3, 0.4) is 0 Å². The number of fused-ring (bicyclic) bond motifs is 1. The third-order valence-electron chi connectivity index (χ3n) is 5.28. The van der Waals surface area contributed by atoms with Gasteiger partial charge >= 0.3 is 0 Å². The number of rotatable bonds is 3. The minimum atomic E-state index is -0.0764. The van der Waals surface area contributed by atoms with Crippen LogP contribution >= 0.6 is 0 Å². The summed E-state index contributed by atoms with van der Waals surface area (Å²) >= 11 is 0. The molecular weight excluding hydrogens is 310 g/mol. The van der Waals surface area contributed by atoms with Crippen LogP contribution in [-0.4, -0.2) is 11.5 Å². The predicted molar refractivity (Wildman–Crippen MR) is 99.4 cm³/mol. The molecule has 25 heavy (non-hydrogen) atoms. The summed E-state index contributed by atoms with van der Waals surface area (Å²) in [6.07, 6.45) is 7.69. The van der Waals surface area contributed by atoms with Crippen molar-refractivity contribution in [1.29, 1.82) is 0 Å². The SMILES string of the molecule is Cc1ccc(/C=C/C(=O)NC2CC3(CCC3)Oc3ccccc32)cc1. The highest BCUT2D eigenvalue weighted by Crippen LogP contribution is 2.48. The number of nitrogens with one attached hydrogen (secondary N) is 1.